The van der Waals surface area contributed by atoms with Crippen molar-refractivity contribution in [1.29, 1.82) is 0 Å². The summed E-state index contributed by atoms with van der Waals surface area (Å²) in [5.41, 5.74) is 2.98. The van der Waals surface area contributed by atoms with Crippen LogP contribution in [0.25, 0.3) is 0 Å². The fourth-order valence-electron chi connectivity index (χ4n) is 4.71. The summed E-state index contributed by atoms with van der Waals surface area (Å²) in [6.07, 6.45) is 0. The van der Waals surface area contributed by atoms with Crippen LogP contribution in [0.3, 0.4) is 0 Å². The largest absolute Gasteiger partial charge is 0.489 e. The number of amides is 4. The van der Waals surface area contributed by atoms with Crippen LogP contribution in [0.4, 0.5) is 32.3 Å². The molecule has 5 aromatic carbocycles. The molecular weight excluding hydrogens is 761 g/mol. The minimum Gasteiger partial charge on any atom is -0.489 e. The molecule has 0 unspecified atom stereocenters. The van der Waals surface area contributed by atoms with Gasteiger partial charge in [0.25, 0.3) is 0 Å². The van der Waals surface area contributed by atoms with Gasteiger partial charge in [-0.2, -0.15) is 16.8 Å². The van der Waals surface area contributed by atoms with Crippen LogP contribution < -0.4 is 39.1 Å². The maximum Gasteiger partial charge on any atom is 0.339 e. The van der Waals surface area contributed by atoms with E-state index >= 15 is 0 Å². The maximum absolute atomic E-state index is 13.3. The third-order valence-corrected chi connectivity index (χ3v) is 9.62. The Morgan fingerprint density at radius 2 is 0.786 bits per heavy atom. The van der Waals surface area contributed by atoms with Crippen LogP contribution >= 0.6 is 0 Å². The summed E-state index contributed by atoms with van der Waals surface area (Å²) in [5, 5.41) is 10.5. The van der Waals surface area contributed by atoms with Gasteiger partial charge in [-0.25, -0.2) is 9.59 Å². The molecule has 0 aliphatic rings. The second-order valence-corrected chi connectivity index (χ2v) is 15.4. The second kappa shape index (κ2) is 18.0. The van der Waals surface area contributed by atoms with Crippen molar-refractivity contribution in [2.24, 2.45) is 0 Å². The van der Waals surface area contributed by atoms with E-state index in [0.29, 0.717) is 36.1 Å². The summed E-state index contributed by atoms with van der Waals surface area (Å²) in [5.74, 6) is 0.754. The lowest BCUT2D eigenvalue weighted by molar-refractivity contribution is 0.261. The van der Waals surface area contributed by atoms with E-state index in [2.05, 4.69) is 34.4 Å². The SMILES string of the molecule is C=C(C)COc1cccc(NC(=O)Nc2cccc(OS(=O)(=O)c3cccc(S(=O)(=O)Oc4cccc(NC(=O)Nc5cccc(OCC(=C)C)c5)c4)c3)c2)c1. The van der Waals surface area contributed by atoms with Gasteiger partial charge in [0, 0.05) is 47.0 Å². The molecule has 0 fully saturated rings. The standard InChI is InChI=1S/C40H38N4O10S2/c1-27(2)25-51-33-14-5-10-29(20-33)41-39(45)43-31-12-7-16-35(22-31)53-55(47,48)37-18-9-19-38(24-37)56(49,50)54-36-17-8-13-32(23-36)44-40(46)42-30-11-6-15-34(21-30)52-26-28(3)4/h5-24H,1,3,25-26H2,2,4H3,(H2,41,43,45)(H2,42,44,46). The molecule has 0 atom stereocenters. The Kier molecular flexibility index (Phi) is 13.0. The van der Waals surface area contributed by atoms with E-state index in [1.165, 1.54) is 54.6 Å². The van der Waals surface area contributed by atoms with Crippen LogP contribution in [0.2, 0.25) is 0 Å². The molecule has 0 heterocycles. The molecule has 4 N–H and O–H groups in total. The highest BCUT2D eigenvalue weighted by Crippen LogP contribution is 2.27. The molecule has 5 rings (SSSR count). The molecule has 0 aliphatic carbocycles. The molecule has 0 saturated carbocycles. The summed E-state index contributed by atoms with van der Waals surface area (Å²) in [7, 11) is -9.14. The molecule has 0 radical (unpaired) electrons. The van der Waals surface area contributed by atoms with Crippen molar-refractivity contribution in [1.82, 2.24) is 0 Å². The molecule has 14 nitrogen and oxygen atoms in total. The summed E-state index contributed by atoms with van der Waals surface area (Å²) in [4.78, 5) is 24.4. The van der Waals surface area contributed by atoms with Crippen LogP contribution in [-0.4, -0.2) is 42.1 Å². The number of hydrogen-bond acceptors (Lipinski definition) is 10. The second-order valence-electron chi connectivity index (χ2n) is 12.3. The third-order valence-electron chi connectivity index (χ3n) is 7.13. The maximum atomic E-state index is 13.3. The van der Waals surface area contributed by atoms with E-state index in [-0.39, 0.29) is 22.9 Å². The molecule has 0 aliphatic heterocycles. The first kappa shape index (κ1) is 40.4. The van der Waals surface area contributed by atoms with E-state index in [1.54, 1.807) is 48.5 Å². The van der Waals surface area contributed by atoms with Gasteiger partial charge >= 0.3 is 32.3 Å². The Morgan fingerprint density at radius 3 is 1.12 bits per heavy atom. The average molecular weight is 799 g/mol. The topological polar surface area (TPSA) is 187 Å². The zero-order valence-corrected chi connectivity index (χ0v) is 31.9. The first-order valence-electron chi connectivity index (χ1n) is 16.7. The molecule has 0 aromatic heterocycles. The van der Waals surface area contributed by atoms with Crippen molar-refractivity contribution in [2.45, 2.75) is 23.6 Å². The van der Waals surface area contributed by atoms with Crippen molar-refractivity contribution < 1.29 is 44.3 Å². The van der Waals surface area contributed by atoms with Gasteiger partial charge in [-0.3, -0.25) is 0 Å². The monoisotopic (exact) mass is 798 g/mol. The van der Waals surface area contributed by atoms with Gasteiger partial charge < -0.3 is 39.1 Å². The summed E-state index contributed by atoms with van der Waals surface area (Å²) in [6, 6.07) is 27.9. The van der Waals surface area contributed by atoms with E-state index < -0.39 is 42.1 Å². The van der Waals surface area contributed by atoms with E-state index in [1.807, 2.05) is 13.8 Å². The van der Waals surface area contributed by atoms with Crippen molar-refractivity contribution in [2.75, 3.05) is 34.5 Å². The molecule has 5 aromatic rings. The van der Waals surface area contributed by atoms with Gasteiger partial charge in [-0.15, -0.1) is 0 Å². The van der Waals surface area contributed by atoms with Crippen molar-refractivity contribution in [3.63, 3.8) is 0 Å². The summed E-state index contributed by atoms with van der Waals surface area (Å²) in [6.45, 7) is 11.9. The van der Waals surface area contributed by atoms with Gasteiger partial charge in [-0.1, -0.05) is 43.5 Å². The van der Waals surface area contributed by atoms with Crippen molar-refractivity contribution in [3.05, 3.63) is 146 Å². The Balaban J connectivity index is 1.20. The Bertz CT molecular complexity index is 2320. The smallest absolute Gasteiger partial charge is 0.339 e. The number of anilines is 4. The summed E-state index contributed by atoms with van der Waals surface area (Å²) < 4.78 is 74.8. The zero-order valence-electron chi connectivity index (χ0n) is 30.3. The number of nitrogens with one attached hydrogen (secondary N) is 4. The van der Waals surface area contributed by atoms with Crippen molar-refractivity contribution in [3.8, 4) is 23.0 Å². The van der Waals surface area contributed by atoms with Crippen molar-refractivity contribution >= 4 is 55.0 Å². The van der Waals surface area contributed by atoms with Crippen LogP contribution in [0.15, 0.2) is 155 Å². The molecule has 0 spiro atoms. The fraction of sp³-hybridized carbons (Fsp3) is 0.100. The van der Waals surface area contributed by atoms with Gasteiger partial charge in [-0.05, 0) is 91.7 Å². The number of hydrogen-bond donors (Lipinski definition) is 4. The zero-order chi connectivity index (χ0) is 40.3. The number of benzene rings is 5. The predicted octanol–water partition coefficient (Wildman–Crippen LogP) is 8.42. The quantitative estimate of drug-likeness (QED) is 0.0558. The molecule has 0 saturated heterocycles. The lowest BCUT2D eigenvalue weighted by Crippen LogP contribution is -2.19. The Labute approximate surface area is 325 Å². The molecule has 56 heavy (non-hydrogen) atoms. The van der Waals surface area contributed by atoms with E-state index in [9.17, 15) is 26.4 Å². The van der Waals surface area contributed by atoms with Gasteiger partial charge in [0.05, 0.1) is 0 Å². The van der Waals surface area contributed by atoms with E-state index in [4.69, 9.17) is 17.8 Å². The minimum atomic E-state index is -4.57. The number of carbonyl (C=O) groups excluding carboxylic acids is 2. The summed E-state index contributed by atoms with van der Waals surface area (Å²) >= 11 is 0. The highest BCUT2D eigenvalue weighted by molar-refractivity contribution is 7.88. The lowest BCUT2D eigenvalue weighted by Gasteiger charge is -2.12. The first-order chi connectivity index (χ1) is 26.6. The van der Waals surface area contributed by atoms with Gasteiger partial charge in [0.2, 0.25) is 0 Å². The highest BCUT2D eigenvalue weighted by atomic mass is 32.2. The fourth-order valence-corrected chi connectivity index (χ4v) is 6.73. The average Bonchev–Trinajstić information content (AvgIpc) is 3.13. The minimum absolute atomic E-state index is 0.153. The number of carbonyl (C=O) groups is 2. The van der Waals surface area contributed by atoms with Gasteiger partial charge in [0.15, 0.2) is 0 Å². The Hall–Kier alpha value is -6.78. The van der Waals surface area contributed by atoms with Gasteiger partial charge in [0.1, 0.15) is 46.0 Å². The molecule has 290 valence electrons. The Morgan fingerprint density at radius 1 is 0.482 bits per heavy atom. The van der Waals surface area contributed by atoms with Crippen LogP contribution in [-0.2, 0) is 20.2 Å². The molecule has 16 heteroatoms. The van der Waals surface area contributed by atoms with Crippen LogP contribution in [0.5, 0.6) is 23.0 Å². The first-order valence-corrected chi connectivity index (χ1v) is 19.5. The lowest BCUT2D eigenvalue weighted by atomic mass is 10.3. The third kappa shape index (κ3) is 12.1. The number of ether oxygens (including phenoxy) is 2. The number of urea groups is 2. The molecule has 0 bridgehead atoms. The predicted molar refractivity (Wildman–Crippen MR) is 214 cm³/mol. The number of rotatable bonds is 16. The molecular formula is C40H38N4O10S2. The van der Waals surface area contributed by atoms with Crippen LogP contribution in [0.1, 0.15) is 13.8 Å². The normalized spacial score (nSPS) is 11.0. The highest BCUT2D eigenvalue weighted by Gasteiger charge is 2.23. The van der Waals surface area contributed by atoms with Crippen LogP contribution in [0, 0.1) is 0 Å². The molecule has 4 amide bonds. The van der Waals surface area contributed by atoms with E-state index in [0.717, 1.165) is 29.3 Å².